The van der Waals surface area contributed by atoms with Crippen LogP contribution in [0, 0.1) is 13.8 Å². The molecule has 4 heterocycles. The summed E-state index contributed by atoms with van der Waals surface area (Å²) in [5.74, 6) is 1.67. The van der Waals surface area contributed by atoms with Crippen LogP contribution in [0.4, 0.5) is 0 Å². The fourth-order valence-electron chi connectivity index (χ4n) is 3.46. The van der Waals surface area contributed by atoms with Crippen molar-refractivity contribution in [2.45, 2.75) is 39.7 Å². The Morgan fingerprint density at radius 3 is 2.92 bits per heavy atom. The van der Waals surface area contributed by atoms with Crippen LogP contribution in [-0.4, -0.2) is 22.3 Å². The fourth-order valence-corrected chi connectivity index (χ4v) is 5.37. The first-order valence-electron chi connectivity index (χ1n) is 8.50. The van der Waals surface area contributed by atoms with Gasteiger partial charge in [0.2, 0.25) is 0 Å². The van der Waals surface area contributed by atoms with Crippen molar-refractivity contribution in [3.05, 3.63) is 50.4 Å². The van der Waals surface area contributed by atoms with Gasteiger partial charge < -0.3 is 9.32 Å². The van der Waals surface area contributed by atoms with Crippen molar-refractivity contribution in [2.75, 3.05) is 6.54 Å². The van der Waals surface area contributed by atoms with Crippen LogP contribution in [0.25, 0.3) is 10.8 Å². The number of nitrogens with zero attached hydrogens (tertiary/aromatic N) is 2. The number of furan rings is 1. The number of rotatable bonds is 3. The van der Waals surface area contributed by atoms with Crippen LogP contribution in [0.2, 0.25) is 0 Å². The van der Waals surface area contributed by atoms with Gasteiger partial charge in [0.1, 0.15) is 10.6 Å². The highest BCUT2D eigenvalue weighted by molar-refractivity contribution is 7.17. The van der Waals surface area contributed by atoms with Gasteiger partial charge in [0.25, 0.3) is 5.91 Å². The van der Waals surface area contributed by atoms with Gasteiger partial charge in [-0.2, -0.15) is 0 Å². The van der Waals surface area contributed by atoms with Crippen LogP contribution >= 0.6 is 22.7 Å². The smallest absolute Gasteiger partial charge is 0.266 e. The standard InChI is InChI=1S/C19H20N2O2S2/c1-4-14-13-8-10-24-16(13)7-9-21(14)19(22)17-12(3)20-18(25-17)15-6-5-11(2)23-15/h5-6,8,10,14H,4,7,9H2,1-3H3. The lowest BCUT2D eigenvalue weighted by molar-refractivity contribution is 0.0661. The third-order valence-electron chi connectivity index (χ3n) is 4.68. The normalized spacial score (nSPS) is 16.9. The molecular formula is C19H20N2O2S2. The van der Waals surface area contributed by atoms with E-state index in [1.807, 2.05) is 30.9 Å². The Morgan fingerprint density at radius 1 is 1.36 bits per heavy atom. The first-order chi connectivity index (χ1) is 12.1. The van der Waals surface area contributed by atoms with Gasteiger partial charge >= 0.3 is 0 Å². The first kappa shape index (κ1) is 16.5. The number of carbonyl (C=O) groups is 1. The Balaban J connectivity index is 1.66. The second kappa shape index (κ2) is 6.42. The lowest BCUT2D eigenvalue weighted by Gasteiger charge is -2.35. The predicted octanol–water partition coefficient (Wildman–Crippen LogP) is 5.23. The number of carbonyl (C=O) groups excluding carboxylic acids is 1. The van der Waals surface area contributed by atoms with Crippen molar-refractivity contribution in [1.82, 2.24) is 9.88 Å². The third-order valence-corrected chi connectivity index (χ3v) is 6.84. The minimum absolute atomic E-state index is 0.0910. The monoisotopic (exact) mass is 372 g/mol. The average Bonchev–Trinajstić information content (AvgIpc) is 3.32. The van der Waals surface area contributed by atoms with E-state index >= 15 is 0 Å². The van der Waals surface area contributed by atoms with Gasteiger partial charge in [-0.25, -0.2) is 4.98 Å². The predicted molar refractivity (Wildman–Crippen MR) is 101 cm³/mol. The SMILES string of the molecule is CCC1c2ccsc2CCN1C(=O)c1sc(-c2ccc(C)o2)nc1C. The fraction of sp³-hybridized carbons (Fsp3) is 0.368. The van der Waals surface area contributed by atoms with Crippen LogP contribution in [0.1, 0.15) is 51.0 Å². The van der Waals surface area contributed by atoms with Gasteiger partial charge in [0.15, 0.2) is 10.8 Å². The van der Waals surface area contributed by atoms with E-state index in [2.05, 4.69) is 23.4 Å². The second-order valence-electron chi connectivity index (χ2n) is 6.32. The van der Waals surface area contributed by atoms with Gasteiger partial charge in [0, 0.05) is 11.4 Å². The van der Waals surface area contributed by atoms with E-state index in [9.17, 15) is 4.79 Å². The molecule has 0 radical (unpaired) electrons. The minimum atomic E-state index is 0.0910. The quantitative estimate of drug-likeness (QED) is 0.632. The zero-order valence-corrected chi connectivity index (χ0v) is 16.2. The van der Waals surface area contributed by atoms with E-state index in [-0.39, 0.29) is 11.9 Å². The molecule has 3 aromatic rings. The molecule has 4 rings (SSSR count). The summed E-state index contributed by atoms with van der Waals surface area (Å²) in [5.41, 5.74) is 2.10. The van der Waals surface area contributed by atoms with Crippen molar-refractivity contribution >= 4 is 28.6 Å². The van der Waals surface area contributed by atoms with Gasteiger partial charge in [-0.1, -0.05) is 6.92 Å². The van der Waals surface area contributed by atoms with Gasteiger partial charge in [-0.05, 0) is 55.8 Å². The van der Waals surface area contributed by atoms with Crippen molar-refractivity contribution in [1.29, 1.82) is 0 Å². The highest BCUT2D eigenvalue weighted by atomic mass is 32.1. The second-order valence-corrected chi connectivity index (χ2v) is 8.32. The molecule has 0 saturated heterocycles. The molecule has 0 spiro atoms. The summed E-state index contributed by atoms with van der Waals surface area (Å²) in [6.07, 6.45) is 1.87. The molecule has 1 amide bonds. The third kappa shape index (κ3) is 2.83. The molecule has 1 aliphatic heterocycles. The summed E-state index contributed by atoms with van der Waals surface area (Å²) < 4.78 is 5.67. The maximum absolute atomic E-state index is 13.2. The van der Waals surface area contributed by atoms with E-state index in [1.165, 1.54) is 21.8 Å². The van der Waals surface area contributed by atoms with Crippen molar-refractivity contribution in [3.63, 3.8) is 0 Å². The van der Waals surface area contributed by atoms with E-state index in [4.69, 9.17) is 4.42 Å². The number of aromatic nitrogens is 1. The van der Waals surface area contributed by atoms with Crippen LogP contribution < -0.4 is 0 Å². The van der Waals surface area contributed by atoms with E-state index in [1.54, 1.807) is 11.3 Å². The maximum atomic E-state index is 13.2. The Kier molecular flexibility index (Phi) is 4.25. The highest BCUT2D eigenvalue weighted by Gasteiger charge is 2.32. The molecule has 0 aliphatic carbocycles. The van der Waals surface area contributed by atoms with Crippen molar-refractivity contribution in [2.24, 2.45) is 0 Å². The number of fused-ring (bicyclic) bond motifs is 1. The molecule has 1 unspecified atom stereocenters. The van der Waals surface area contributed by atoms with Crippen LogP contribution in [0.3, 0.4) is 0 Å². The summed E-state index contributed by atoms with van der Waals surface area (Å²) in [6, 6.07) is 6.17. The van der Waals surface area contributed by atoms with E-state index < -0.39 is 0 Å². The lowest BCUT2D eigenvalue weighted by Crippen LogP contribution is -2.39. The summed E-state index contributed by atoms with van der Waals surface area (Å²) in [4.78, 5) is 22.0. The van der Waals surface area contributed by atoms with Crippen molar-refractivity contribution < 1.29 is 9.21 Å². The molecule has 1 atom stereocenters. The first-order valence-corrected chi connectivity index (χ1v) is 10.2. The Morgan fingerprint density at radius 2 is 2.20 bits per heavy atom. The number of aryl methyl sites for hydroxylation is 2. The number of hydrogen-bond donors (Lipinski definition) is 0. The van der Waals surface area contributed by atoms with Crippen LogP contribution in [0.5, 0.6) is 0 Å². The maximum Gasteiger partial charge on any atom is 0.266 e. The molecule has 4 nitrogen and oxygen atoms in total. The average molecular weight is 373 g/mol. The molecule has 130 valence electrons. The largest absolute Gasteiger partial charge is 0.459 e. The molecular weight excluding hydrogens is 352 g/mol. The molecule has 0 fully saturated rings. The summed E-state index contributed by atoms with van der Waals surface area (Å²) >= 11 is 3.23. The Labute approximate surface area is 155 Å². The molecule has 3 aromatic heterocycles. The number of thiophene rings is 1. The summed E-state index contributed by atoms with van der Waals surface area (Å²) in [6.45, 7) is 6.74. The van der Waals surface area contributed by atoms with Gasteiger partial charge in [-0.15, -0.1) is 22.7 Å². The zero-order chi connectivity index (χ0) is 17.6. The topological polar surface area (TPSA) is 46.3 Å². The summed E-state index contributed by atoms with van der Waals surface area (Å²) in [7, 11) is 0. The Hall–Kier alpha value is -1.92. The molecule has 1 aliphatic rings. The molecule has 25 heavy (non-hydrogen) atoms. The minimum Gasteiger partial charge on any atom is -0.459 e. The van der Waals surface area contributed by atoms with Gasteiger partial charge in [-0.3, -0.25) is 4.79 Å². The molecule has 0 aromatic carbocycles. The van der Waals surface area contributed by atoms with Crippen molar-refractivity contribution in [3.8, 4) is 10.8 Å². The summed E-state index contributed by atoms with van der Waals surface area (Å²) in [5, 5.41) is 2.91. The van der Waals surface area contributed by atoms with Gasteiger partial charge in [0.05, 0.1) is 11.7 Å². The highest BCUT2D eigenvalue weighted by Crippen LogP contribution is 2.38. The number of thiazole rings is 1. The number of amides is 1. The molecule has 0 bridgehead atoms. The Bertz CT molecular complexity index is 922. The molecule has 0 saturated carbocycles. The lowest BCUT2D eigenvalue weighted by atomic mass is 9.97. The zero-order valence-electron chi connectivity index (χ0n) is 14.5. The van der Waals surface area contributed by atoms with Crippen LogP contribution in [-0.2, 0) is 6.42 Å². The van der Waals surface area contributed by atoms with E-state index in [0.717, 1.165) is 46.5 Å². The number of hydrogen-bond acceptors (Lipinski definition) is 5. The van der Waals surface area contributed by atoms with Crippen LogP contribution in [0.15, 0.2) is 28.0 Å². The molecule has 0 N–H and O–H groups in total. The molecule has 6 heteroatoms. The van der Waals surface area contributed by atoms with E-state index in [0.29, 0.717) is 0 Å².